The summed E-state index contributed by atoms with van der Waals surface area (Å²) in [7, 11) is 0. The summed E-state index contributed by atoms with van der Waals surface area (Å²) in [5.74, 6) is -7.23. The Morgan fingerprint density at radius 1 is 0.514 bits per heavy atom. The van der Waals surface area contributed by atoms with Crippen LogP contribution in [0.15, 0.2) is 0 Å². The van der Waals surface area contributed by atoms with Crippen LogP contribution >= 0.6 is 0 Å². The summed E-state index contributed by atoms with van der Waals surface area (Å²) >= 11 is 0. The maximum absolute atomic E-state index is 14.4. The van der Waals surface area contributed by atoms with Crippen molar-refractivity contribution in [3.63, 3.8) is 0 Å². The van der Waals surface area contributed by atoms with Crippen LogP contribution in [0.4, 0.5) is 0 Å². The lowest BCUT2D eigenvalue weighted by molar-refractivity contribution is -0.143. The van der Waals surface area contributed by atoms with Gasteiger partial charge in [-0.15, -0.1) is 0 Å². The van der Waals surface area contributed by atoms with Gasteiger partial charge in [-0.05, 0) is 161 Å². The number of nitrogens with zero attached hydrogens (tertiary/aromatic N) is 1. The minimum atomic E-state index is -1.32. The minimum absolute atomic E-state index is 0.0315. The molecule has 0 unspecified atom stereocenters. The van der Waals surface area contributed by atoms with Gasteiger partial charge in [-0.2, -0.15) is 0 Å². The van der Waals surface area contributed by atoms with Crippen molar-refractivity contribution in [3.8, 4) is 0 Å². The average molecular weight is 1050 g/mol. The van der Waals surface area contributed by atoms with Crippen LogP contribution in [0.25, 0.3) is 0 Å². The molecule has 26 nitrogen and oxygen atoms in total. The number of unbranched alkanes of at least 4 members (excludes halogenated alkanes) is 5. The molecule has 1 heterocycles. The molecule has 424 valence electrons. The number of rotatable bonds is 40. The van der Waals surface area contributed by atoms with E-state index in [1.165, 1.54) is 11.8 Å². The van der Waals surface area contributed by atoms with Gasteiger partial charge in [0, 0.05) is 20.0 Å². The van der Waals surface area contributed by atoms with Crippen LogP contribution in [0.2, 0.25) is 0 Å². The van der Waals surface area contributed by atoms with Gasteiger partial charge >= 0.3 is 5.97 Å². The van der Waals surface area contributed by atoms with Gasteiger partial charge in [-0.25, -0.2) is 4.79 Å². The zero-order valence-corrected chi connectivity index (χ0v) is 44.1. The fourth-order valence-electron chi connectivity index (χ4n) is 8.42. The molecule has 1 rings (SSSR count). The molecular formula is C48H92N16O10. The van der Waals surface area contributed by atoms with Gasteiger partial charge < -0.3 is 86.9 Å². The van der Waals surface area contributed by atoms with Crippen molar-refractivity contribution in [2.24, 2.45) is 40.3 Å². The first kappa shape index (κ1) is 66.3. The van der Waals surface area contributed by atoms with E-state index in [1.807, 2.05) is 0 Å². The van der Waals surface area contributed by atoms with E-state index in [0.717, 1.165) is 0 Å². The lowest BCUT2D eigenvalue weighted by Gasteiger charge is -2.29. The van der Waals surface area contributed by atoms with E-state index in [9.17, 15) is 48.3 Å². The van der Waals surface area contributed by atoms with Crippen LogP contribution in [0.3, 0.4) is 0 Å². The Morgan fingerprint density at radius 3 is 1.19 bits per heavy atom. The van der Waals surface area contributed by atoms with Crippen LogP contribution in [0.5, 0.6) is 0 Å². The SMILES string of the molecule is CC(=O)N1CCC[C@H]1C(=O)N[C@@H](CCCCN)C(=O)N[C@@H](CCCCN)C(=O)N[C@@H](CCCCN)C(=O)N[C@@H](CCCNC(=N)N)C(=O)N[C@@H](CCCCN)C(=O)N[C@H](C(=O)N[C@@H](CCCCN)C(=O)O)C(C)C. The number of aliphatic carboxylic acids is 1. The van der Waals surface area contributed by atoms with Crippen molar-refractivity contribution in [1.29, 1.82) is 5.41 Å². The number of hydrogen-bond donors (Lipinski definition) is 16. The third kappa shape index (κ3) is 26.0. The molecule has 1 fully saturated rings. The highest BCUT2D eigenvalue weighted by Gasteiger charge is 2.37. The first-order chi connectivity index (χ1) is 35.3. The van der Waals surface area contributed by atoms with Crippen LogP contribution in [0, 0.1) is 11.3 Å². The highest BCUT2D eigenvalue weighted by Crippen LogP contribution is 2.18. The number of carboxylic acids is 1. The van der Waals surface area contributed by atoms with E-state index >= 15 is 0 Å². The van der Waals surface area contributed by atoms with E-state index in [-0.39, 0.29) is 76.4 Å². The first-order valence-corrected chi connectivity index (χ1v) is 26.5. The molecule has 0 aromatic carbocycles. The highest BCUT2D eigenvalue weighted by molar-refractivity contribution is 5.98. The molecule has 26 heteroatoms. The Morgan fingerprint density at radius 2 is 0.851 bits per heavy atom. The normalized spacial score (nSPS) is 16.1. The molecule has 0 bridgehead atoms. The van der Waals surface area contributed by atoms with E-state index in [0.29, 0.717) is 103 Å². The fraction of sp³-hybridized carbons (Fsp3) is 0.792. The van der Waals surface area contributed by atoms with E-state index in [1.54, 1.807) is 13.8 Å². The minimum Gasteiger partial charge on any atom is -0.480 e. The van der Waals surface area contributed by atoms with Crippen molar-refractivity contribution in [3.05, 3.63) is 0 Å². The number of nitrogens with two attached hydrogens (primary N) is 6. The zero-order chi connectivity index (χ0) is 55.6. The standard InChI is InChI=1S/C48H92N16O10/c1-30(2)39(46(72)62-37(47(73)74)20-8-13-27-53)63-44(70)35(19-7-12-26-52)59-43(69)36(21-14-28-56-48(54)55)60-41(67)33(17-5-10-24-50)57-40(66)32(16-4-9-23-49)58-42(68)34(18-6-11-25-51)61-45(71)38-22-15-29-64(38)31(3)65/h30,32-39H,4-29,49-53H2,1-3H3,(H,57,66)(H,58,68)(H,59,69)(H,60,67)(H,61,71)(H,62,72)(H,63,70)(H,73,74)(H4,54,55,56)/t32-,33-,34-,35-,36-,37-,38-,39-/m0/s1. The maximum atomic E-state index is 14.4. The predicted molar refractivity (Wildman–Crippen MR) is 280 cm³/mol. The molecule has 74 heavy (non-hydrogen) atoms. The lowest BCUT2D eigenvalue weighted by Crippen LogP contribution is -2.60. The molecule has 8 atom stereocenters. The Bertz CT molecular complexity index is 1780. The number of carbonyl (C=O) groups is 9. The molecule has 0 aromatic rings. The van der Waals surface area contributed by atoms with Crippen molar-refractivity contribution in [2.75, 3.05) is 45.8 Å². The van der Waals surface area contributed by atoms with Crippen molar-refractivity contribution in [1.82, 2.24) is 47.4 Å². The smallest absolute Gasteiger partial charge is 0.326 e. The highest BCUT2D eigenvalue weighted by atomic mass is 16.4. The van der Waals surface area contributed by atoms with Gasteiger partial charge in [0.2, 0.25) is 47.3 Å². The monoisotopic (exact) mass is 1050 g/mol. The number of amides is 8. The van der Waals surface area contributed by atoms with Crippen LogP contribution in [-0.4, -0.2) is 163 Å². The summed E-state index contributed by atoms with van der Waals surface area (Å²) in [6.45, 7) is 6.80. The summed E-state index contributed by atoms with van der Waals surface area (Å²) in [6, 6.07) is -9.27. The molecule has 22 N–H and O–H groups in total. The van der Waals surface area contributed by atoms with E-state index < -0.39 is 102 Å². The summed E-state index contributed by atoms with van der Waals surface area (Å²) in [4.78, 5) is 124. The third-order valence-corrected chi connectivity index (χ3v) is 12.7. The number of nitrogens with one attached hydrogen (secondary N) is 9. The largest absolute Gasteiger partial charge is 0.480 e. The van der Waals surface area contributed by atoms with Crippen LogP contribution < -0.4 is 76.9 Å². The summed E-state index contributed by atoms with van der Waals surface area (Å²) < 4.78 is 0. The Balaban J connectivity index is 3.54. The Kier molecular flexibility index (Phi) is 34.0. The topological polar surface area (TPSA) is 453 Å². The second-order valence-electron chi connectivity index (χ2n) is 19.2. The molecule has 0 aliphatic carbocycles. The van der Waals surface area contributed by atoms with Gasteiger partial charge in [0.1, 0.15) is 48.3 Å². The number of hydrogen-bond acceptors (Lipinski definition) is 15. The van der Waals surface area contributed by atoms with Crippen molar-refractivity contribution < 1.29 is 48.3 Å². The van der Waals surface area contributed by atoms with Gasteiger partial charge in [-0.3, -0.25) is 43.8 Å². The molecule has 0 saturated carbocycles. The van der Waals surface area contributed by atoms with Crippen LogP contribution in [-0.2, 0) is 43.2 Å². The summed E-state index contributed by atoms with van der Waals surface area (Å²) in [5.41, 5.74) is 34.1. The molecular weight excluding hydrogens is 961 g/mol. The van der Waals surface area contributed by atoms with Gasteiger partial charge in [0.15, 0.2) is 5.96 Å². The molecule has 8 amide bonds. The second-order valence-corrected chi connectivity index (χ2v) is 19.2. The van der Waals surface area contributed by atoms with Gasteiger partial charge in [0.25, 0.3) is 0 Å². The zero-order valence-electron chi connectivity index (χ0n) is 44.1. The molecule has 1 aliphatic rings. The quantitative estimate of drug-likeness (QED) is 0.0166. The van der Waals surface area contributed by atoms with E-state index in [4.69, 9.17) is 39.8 Å². The summed E-state index contributed by atoms with van der Waals surface area (Å²) in [5, 5.41) is 39.0. The van der Waals surface area contributed by atoms with Gasteiger partial charge in [0.05, 0.1) is 0 Å². The van der Waals surface area contributed by atoms with Crippen molar-refractivity contribution >= 4 is 59.2 Å². The Hall–Kier alpha value is -5.70. The van der Waals surface area contributed by atoms with E-state index in [2.05, 4.69) is 42.5 Å². The third-order valence-electron chi connectivity index (χ3n) is 12.7. The van der Waals surface area contributed by atoms with Crippen LogP contribution in [0.1, 0.15) is 143 Å². The second kappa shape index (κ2) is 37.9. The van der Waals surface area contributed by atoms with Crippen molar-refractivity contribution in [2.45, 2.75) is 191 Å². The molecule has 0 radical (unpaired) electrons. The number of likely N-dealkylation sites (tertiary alicyclic amines) is 1. The Labute approximate surface area is 436 Å². The average Bonchev–Trinajstić information content (AvgIpc) is 3.86. The summed E-state index contributed by atoms with van der Waals surface area (Å²) in [6.07, 6.45) is 6.46. The number of carboxylic acid groups (broad SMARTS) is 1. The number of carbonyl (C=O) groups excluding carboxylic acids is 8. The first-order valence-electron chi connectivity index (χ1n) is 26.5. The molecule has 1 saturated heterocycles. The molecule has 0 aromatic heterocycles. The molecule has 1 aliphatic heterocycles. The lowest BCUT2D eigenvalue weighted by atomic mass is 10.0. The fourth-order valence-corrected chi connectivity index (χ4v) is 8.42. The van der Waals surface area contributed by atoms with Gasteiger partial charge in [-0.1, -0.05) is 13.8 Å². The predicted octanol–water partition coefficient (Wildman–Crippen LogP) is -2.96. The number of guanidine groups is 1. The molecule has 0 spiro atoms. The maximum Gasteiger partial charge on any atom is 0.326 e.